The molecule has 0 aliphatic heterocycles. The van der Waals surface area contributed by atoms with E-state index in [1.54, 1.807) is 7.11 Å². The highest BCUT2D eigenvalue weighted by Gasteiger charge is 2.42. The van der Waals surface area contributed by atoms with E-state index in [1.807, 2.05) is 36.4 Å². The molecule has 2 aromatic rings. The van der Waals surface area contributed by atoms with Gasteiger partial charge >= 0.3 is 12.1 Å². The molecule has 37 heavy (non-hydrogen) atoms. The number of ether oxygens (including phenoxy) is 4. The number of benzene rings is 2. The fourth-order valence-electron chi connectivity index (χ4n) is 5.35. The van der Waals surface area contributed by atoms with Gasteiger partial charge in [0.15, 0.2) is 11.5 Å². The minimum Gasteiger partial charge on any atom is -0.493 e. The van der Waals surface area contributed by atoms with E-state index < -0.39 is 18.2 Å². The fourth-order valence-corrected chi connectivity index (χ4v) is 5.35. The summed E-state index contributed by atoms with van der Waals surface area (Å²) in [5, 5.41) is 2.84. The van der Waals surface area contributed by atoms with Crippen molar-refractivity contribution in [3.8, 4) is 11.5 Å². The standard InChI is InChI=1S/C30H39NO6/c1-18(2)12-11-13-19(3)25-22-17-23(29(32)36-7)27(34-5)28(35-6)26(22)20(4)16-24(25)37-30(33)31-21-14-9-8-10-15-21/h8-10,12,14-15,17,19-20,24-25H,11,13,16H2,1-7H3,(H,31,33)/t19-,20+,24+,25-/m0/s1. The number of nitrogens with one attached hydrogen (secondary N) is 1. The zero-order valence-electron chi connectivity index (χ0n) is 22.9. The Morgan fingerprint density at radius 1 is 1.08 bits per heavy atom. The van der Waals surface area contributed by atoms with Gasteiger partial charge in [0.25, 0.3) is 0 Å². The molecule has 7 nitrogen and oxygen atoms in total. The van der Waals surface area contributed by atoms with Crippen LogP contribution in [0.25, 0.3) is 0 Å². The molecular weight excluding hydrogens is 470 g/mol. The fraction of sp³-hybridized carbons (Fsp3) is 0.467. The van der Waals surface area contributed by atoms with Crippen molar-refractivity contribution in [2.24, 2.45) is 5.92 Å². The number of hydrogen-bond donors (Lipinski definition) is 1. The second-order valence-electron chi connectivity index (χ2n) is 9.92. The Morgan fingerprint density at radius 3 is 2.35 bits per heavy atom. The van der Waals surface area contributed by atoms with Crippen molar-refractivity contribution < 1.29 is 28.5 Å². The summed E-state index contributed by atoms with van der Waals surface area (Å²) in [6.45, 7) is 8.42. The van der Waals surface area contributed by atoms with Crippen molar-refractivity contribution in [3.05, 3.63) is 64.7 Å². The summed E-state index contributed by atoms with van der Waals surface area (Å²) in [6.07, 6.45) is 3.74. The summed E-state index contributed by atoms with van der Waals surface area (Å²) in [5.41, 5.74) is 4.14. The van der Waals surface area contributed by atoms with Crippen molar-refractivity contribution in [2.45, 2.75) is 64.9 Å². The molecule has 0 heterocycles. The van der Waals surface area contributed by atoms with Crippen LogP contribution in [0.15, 0.2) is 48.0 Å². The lowest BCUT2D eigenvalue weighted by Crippen LogP contribution is -2.37. The Balaban J connectivity index is 2.07. The number of anilines is 1. The third-order valence-electron chi connectivity index (χ3n) is 7.02. The summed E-state index contributed by atoms with van der Waals surface area (Å²) in [4.78, 5) is 25.7. The van der Waals surface area contributed by atoms with Crippen LogP contribution in [-0.2, 0) is 9.47 Å². The van der Waals surface area contributed by atoms with Gasteiger partial charge in [0.05, 0.1) is 21.3 Å². The van der Waals surface area contributed by atoms with Crippen LogP contribution >= 0.6 is 0 Å². The maximum absolute atomic E-state index is 13.0. The Labute approximate surface area is 220 Å². The SMILES string of the molecule is COC(=O)c1cc2c(c(OC)c1OC)[C@H](C)C[C@@H](OC(=O)Nc1ccccc1)[C@H]2[C@@H](C)CCC=C(C)C. The highest BCUT2D eigenvalue weighted by molar-refractivity contribution is 5.94. The monoisotopic (exact) mass is 509 g/mol. The van der Waals surface area contributed by atoms with Crippen LogP contribution in [0.4, 0.5) is 10.5 Å². The van der Waals surface area contributed by atoms with Gasteiger partial charge in [-0.25, -0.2) is 9.59 Å². The first kappa shape index (κ1) is 28.1. The van der Waals surface area contributed by atoms with E-state index >= 15 is 0 Å². The molecule has 3 rings (SSSR count). The van der Waals surface area contributed by atoms with Gasteiger partial charge in [-0.1, -0.05) is 43.7 Å². The van der Waals surface area contributed by atoms with E-state index in [-0.39, 0.29) is 17.8 Å². The Kier molecular flexibility index (Phi) is 9.61. The number of methoxy groups -OCH3 is 3. The summed E-state index contributed by atoms with van der Waals surface area (Å²) in [7, 11) is 4.44. The zero-order chi connectivity index (χ0) is 27.1. The Morgan fingerprint density at radius 2 is 1.76 bits per heavy atom. The average Bonchev–Trinajstić information content (AvgIpc) is 2.87. The molecule has 0 fully saturated rings. The summed E-state index contributed by atoms with van der Waals surface area (Å²) >= 11 is 0. The van der Waals surface area contributed by atoms with Crippen LogP contribution < -0.4 is 14.8 Å². The topological polar surface area (TPSA) is 83.1 Å². The number of allylic oxidation sites excluding steroid dienone is 2. The van der Waals surface area contributed by atoms with Crippen molar-refractivity contribution in [1.29, 1.82) is 0 Å². The number of rotatable bonds is 9. The third kappa shape index (κ3) is 6.45. The van der Waals surface area contributed by atoms with Crippen LogP contribution in [0, 0.1) is 5.92 Å². The molecule has 0 saturated heterocycles. The van der Waals surface area contributed by atoms with Gasteiger partial charge in [-0.05, 0) is 68.7 Å². The minimum absolute atomic E-state index is 0.00121. The number of carbonyl (C=O) groups is 2. The highest BCUT2D eigenvalue weighted by Crippen LogP contribution is 2.52. The molecule has 0 radical (unpaired) electrons. The van der Waals surface area contributed by atoms with Crippen LogP contribution in [0.2, 0.25) is 0 Å². The Bertz CT molecular complexity index is 1120. The van der Waals surface area contributed by atoms with E-state index in [1.165, 1.54) is 19.8 Å². The molecule has 7 heteroatoms. The predicted octanol–water partition coefficient (Wildman–Crippen LogP) is 7.08. The van der Waals surface area contributed by atoms with Gasteiger partial charge in [-0.3, -0.25) is 5.32 Å². The van der Waals surface area contributed by atoms with Gasteiger partial charge in [-0.15, -0.1) is 0 Å². The zero-order valence-corrected chi connectivity index (χ0v) is 22.9. The minimum atomic E-state index is -0.508. The van der Waals surface area contributed by atoms with Gasteiger partial charge in [0.1, 0.15) is 11.7 Å². The van der Waals surface area contributed by atoms with E-state index in [0.717, 1.165) is 24.0 Å². The van der Waals surface area contributed by atoms with E-state index in [0.29, 0.717) is 29.2 Å². The first-order valence-electron chi connectivity index (χ1n) is 12.7. The molecule has 2 aromatic carbocycles. The molecule has 0 bridgehead atoms. The molecular formula is C30H39NO6. The van der Waals surface area contributed by atoms with Gasteiger partial charge in [0, 0.05) is 17.2 Å². The van der Waals surface area contributed by atoms with Crippen LogP contribution in [-0.4, -0.2) is 39.5 Å². The van der Waals surface area contributed by atoms with Crippen molar-refractivity contribution >= 4 is 17.7 Å². The molecule has 0 spiro atoms. The lowest BCUT2D eigenvalue weighted by atomic mass is 9.69. The molecule has 1 aliphatic carbocycles. The maximum Gasteiger partial charge on any atom is 0.411 e. The number of para-hydroxylation sites is 1. The summed E-state index contributed by atoms with van der Waals surface area (Å²) < 4.78 is 22.6. The van der Waals surface area contributed by atoms with Gasteiger partial charge in [0.2, 0.25) is 0 Å². The predicted molar refractivity (Wildman–Crippen MR) is 145 cm³/mol. The number of amides is 1. The van der Waals surface area contributed by atoms with Crippen LogP contribution in [0.1, 0.15) is 80.3 Å². The van der Waals surface area contributed by atoms with Crippen LogP contribution in [0.5, 0.6) is 11.5 Å². The van der Waals surface area contributed by atoms with Gasteiger partial charge < -0.3 is 18.9 Å². The molecule has 0 aromatic heterocycles. The smallest absolute Gasteiger partial charge is 0.411 e. The summed E-state index contributed by atoms with van der Waals surface area (Å²) in [5.74, 6) is 0.382. The third-order valence-corrected chi connectivity index (χ3v) is 7.02. The average molecular weight is 510 g/mol. The largest absolute Gasteiger partial charge is 0.493 e. The Hall–Kier alpha value is -3.48. The molecule has 1 amide bonds. The van der Waals surface area contributed by atoms with E-state index in [4.69, 9.17) is 18.9 Å². The van der Waals surface area contributed by atoms with E-state index in [9.17, 15) is 9.59 Å². The second kappa shape index (κ2) is 12.7. The number of fused-ring (bicyclic) bond motifs is 1. The van der Waals surface area contributed by atoms with Gasteiger partial charge in [-0.2, -0.15) is 0 Å². The lowest BCUT2D eigenvalue weighted by Gasteiger charge is -2.40. The summed E-state index contributed by atoms with van der Waals surface area (Å²) in [6, 6.07) is 11.1. The lowest BCUT2D eigenvalue weighted by molar-refractivity contribution is 0.0576. The number of esters is 1. The van der Waals surface area contributed by atoms with Crippen LogP contribution in [0.3, 0.4) is 0 Å². The number of hydrogen-bond acceptors (Lipinski definition) is 6. The quantitative estimate of drug-likeness (QED) is 0.287. The van der Waals surface area contributed by atoms with E-state index in [2.05, 4.69) is 39.1 Å². The second-order valence-corrected chi connectivity index (χ2v) is 9.92. The molecule has 1 N–H and O–H groups in total. The molecule has 1 aliphatic rings. The first-order chi connectivity index (χ1) is 17.7. The molecule has 4 atom stereocenters. The van der Waals surface area contributed by atoms with Crippen molar-refractivity contribution in [3.63, 3.8) is 0 Å². The molecule has 200 valence electrons. The number of carbonyl (C=O) groups excluding carboxylic acids is 2. The normalized spacial score (nSPS) is 19.2. The molecule has 0 unspecified atom stereocenters. The first-order valence-corrected chi connectivity index (χ1v) is 12.7. The van der Waals surface area contributed by atoms with Crippen molar-refractivity contribution in [2.75, 3.05) is 26.6 Å². The molecule has 0 saturated carbocycles. The highest BCUT2D eigenvalue weighted by atomic mass is 16.6. The maximum atomic E-state index is 13.0. The van der Waals surface area contributed by atoms with Crippen molar-refractivity contribution in [1.82, 2.24) is 0 Å².